The largest absolute Gasteiger partial charge is 0.352 e. The van der Waals surface area contributed by atoms with Crippen molar-refractivity contribution in [2.45, 2.75) is 23.1 Å². The van der Waals surface area contributed by atoms with Gasteiger partial charge in [-0.25, -0.2) is 9.67 Å². The average molecular weight is 414 g/mol. The average Bonchev–Trinajstić information content (AvgIpc) is 3.22. The van der Waals surface area contributed by atoms with Crippen LogP contribution in [-0.2, 0) is 16.1 Å². The van der Waals surface area contributed by atoms with Crippen molar-refractivity contribution in [3.05, 3.63) is 65.6 Å². The van der Waals surface area contributed by atoms with Crippen LogP contribution in [0.25, 0.3) is 5.82 Å². The molecule has 2 N–H and O–H groups in total. The Morgan fingerprint density at radius 3 is 2.96 bits per heavy atom. The van der Waals surface area contributed by atoms with Crippen molar-refractivity contribution < 1.29 is 9.59 Å². The molecule has 0 aliphatic carbocycles. The molecule has 7 nitrogen and oxygen atoms in total. The fourth-order valence-electron chi connectivity index (χ4n) is 2.76. The van der Waals surface area contributed by atoms with E-state index in [2.05, 4.69) is 20.7 Å². The Bertz CT molecular complexity index is 1010. The topological polar surface area (TPSA) is 88.9 Å². The highest BCUT2D eigenvalue weighted by Gasteiger charge is 2.29. The van der Waals surface area contributed by atoms with Gasteiger partial charge in [0.2, 0.25) is 11.8 Å². The fraction of sp³-hybridized carbons (Fsp3) is 0.158. The highest BCUT2D eigenvalue weighted by atomic mass is 35.5. The molecule has 1 aliphatic rings. The zero-order valence-electron chi connectivity index (χ0n) is 14.6. The van der Waals surface area contributed by atoms with Crippen LogP contribution >= 0.6 is 23.4 Å². The molecule has 1 aromatic carbocycles. The van der Waals surface area contributed by atoms with Gasteiger partial charge in [0, 0.05) is 41.5 Å². The van der Waals surface area contributed by atoms with Gasteiger partial charge in [0.15, 0.2) is 5.82 Å². The van der Waals surface area contributed by atoms with E-state index >= 15 is 0 Å². The zero-order valence-corrected chi connectivity index (χ0v) is 16.2. The molecule has 3 heterocycles. The highest BCUT2D eigenvalue weighted by molar-refractivity contribution is 8.01. The van der Waals surface area contributed by atoms with Crippen LogP contribution in [0.4, 0.5) is 5.69 Å². The molecule has 0 spiro atoms. The number of hydrogen-bond donors (Lipinski definition) is 2. The van der Waals surface area contributed by atoms with Crippen molar-refractivity contribution in [2.24, 2.45) is 0 Å². The third-order valence-corrected chi connectivity index (χ3v) is 5.68. The van der Waals surface area contributed by atoms with E-state index in [9.17, 15) is 9.59 Å². The lowest BCUT2D eigenvalue weighted by Gasteiger charge is -2.23. The number of nitrogens with zero attached hydrogens (tertiary/aromatic N) is 3. The predicted octanol–water partition coefficient (Wildman–Crippen LogP) is 3.04. The predicted molar refractivity (Wildman–Crippen MR) is 108 cm³/mol. The first-order valence-electron chi connectivity index (χ1n) is 8.57. The number of aromatic nitrogens is 3. The van der Waals surface area contributed by atoms with E-state index in [1.165, 1.54) is 11.8 Å². The van der Waals surface area contributed by atoms with Crippen molar-refractivity contribution in [3.8, 4) is 5.82 Å². The third-order valence-electron chi connectivity index (χ3n) is 4.17. The summed E-state index contributed by atoms with van der Waals surface area (Å²) in [5.74, 6) is 0.315. The quantitative estimate of drug-likeness (QED) is 0.671. The molecule has 0 radical (unpaired) electrons. The molecule has 1 atom stereocenters. The van der Waals surface area contributed by atoms with E-state index in [1.54, 1.807) is 29.2 Å². The number of benzene rings is 1. The van der Waals surface area contributed by atoms with Gasteiger partial charge in [-0.1, -0.05) is 17.7 Å². The molecule has 2 amide bonds. The Balaban J connectivity index is 1.32. The van der Waals surface area contributed by atoms with Gasteiger partial charge in [-0.3, -0.25) is 9.59 Å². The van der Waals surface area contributed by atoms with E-state index in [4.69, 9.17) is 11.6 Å². The molecule has 0 saturated carbocycles. The molecule has 0 bridgehead atoms. The number of amides is 2. The second-order valence-corrected chi connectivity index (χ2v) is 7.87. The van der Waals surface area contributed by atoms with E-state index in [-0.39, 0.29) is 18.2 Å². The molecule has 4 rings (SSSR count). The van der Waals surface area contributed by atoms with Gasteiger partial charge in [0.05, 0.1) is 10.9 Å². The first-order valence-corrected chi connectivity index (χ1v) is 9.83. The lowest BCUT2D eigenvalue weighted by molar-refractivity contribution is -0.124. The van der Waals surface area contributed by atoms with Crippen LogP contribution in [-0.4, -0.2) is 31.8 Å². The molecule has 0 saturated heterocycles. The van der Waals surface area contributed by atoms with Crippen LogP contribution in [0.2, 0.25) is 5.02 Å². The molecule has 1 unspecified atom stereocenters. The first-order chi connectivity index (χ1) is 13.6. The number of rotatable bonds is 5. The Kier molecular flexibility index (Phi) is 5.31. The Labute approximate surface area is 170 Å². The van der Waals surface area contributed by atoms with Gasteiger partial charge < -0.3 is 10.6 Å². The normalized spacial score (nSPS) is 15.6. The van der Waals surface area contributed by atoms with E-state index < -0.39 is 5.25 Å². The van der Waals surface area contributed by atoms with Crippen LogP contribution in [0.3, 0.4) is 0 Å². The fourth-order valence-corrected chi connectivity index (χ4v) is 4.02. The van der Waals surface area contributed by atoms with Crippen molar-refractivity contribution in [2.75, 3.05) is 5.32 Å². The number of fused-ring (bicyclic) bond motifs is 1. The van der Waals surface area contributed by atoms with E-state index in [0.29, 0.717) is 23.1 Å². The number of anilines is 1. The van der Waals surface area contributed by atoms with E-state index in [1.807, 2.05) is 30.5 Å². The molecule has 28 heavy (non-hydrogen) atoms. The molecule has 142 valence electrons. The molecule has 0 fully saturated rings. The molecular weight excluding hydrogens is 398 g/mol. The third kappa shape index (κ3) is 4.18. The van der Waals surface area contributed by atoms with E-state index in [0.717, 1.165) is 10.5 Å². The van der Waals surface area contributed by atoms with Gasteiger partial charge in [-0.15, -0.1) is 11.8 Å². The summed E-state index contributed by atoms with van der Waals surface area (Å²) < 4.78 is 1.66. The van der Waals surface area contributed by atoms with Crippen LogP contribution in [0.1, 0.15) is 12.0 Å². The number of hydrogen-bond acceptors (Lipinski definition) is 5. The molecule has 9 heteroatoms. The number of nitrogens with one attached hydrogen (secondary N) is 2. The van der Waals surface area contributed by atoms with Crippen molar-refractivity contribution in [1.29, 1.82) is 0 Å². The second-order valence-electron chi connectivity index (χ2n) is 6.19. The van der Waals surface area contributed by atoms with Crippen molar-refractivity contribution >= 4 is 40.9 Å². The molecule has 3 aromatic rings. The summed E-state index contributed by atoms with van der Waals surface area (Å²) in [7, 11) is 0. The summed E-state index contributed by atoms with van der Waals surface area (Å²) in [6, 6.07) is 10.9. The SMILES string of the molecule is O=C(CC1Sc2ccc(Cl)cc2NC1=O)NCc1ccc(-n2cccn2)nc1. The maximum Gasteiger partial charge on any atom is 0.238 e. The Morgan fingerprint density at radius 1 is 1.32 bits per heavy atom. The number of carbonyl (C=O) groups excluding carboxylic acids is 2. The second kappa shape index (κ2) is 8.04. The number of halogens is 1. The van der Waals surface area contributed by atoms with Crippen molar-refractivity contribution in [3.63, 3.8) is 0 Å². The first kappa shape index (κ1) is 18.5. The molecule has 1 aliphatic heterocycles. The minimum Gasteiger partial charge on any atom is -0.352 e. The summed E-state index contributed by atoms with van der Waals surface area (Å²) in [6.07, 6.45) is 5.28. The summed E-state index contributed by atoms with van der Waals surface area (Å²) >= 11 is 7.32. The minimum atomic E-state index is -0.478. The zero-order chi connectivity index (χ0) is 19.5. The summed E-state index contributed by atoms with van der Waals surface area (Å²) in [4.78, 5) is 29.8. The summed E-state index contributed by atoms with van der Waals surface area (Å²) in [5, 5.41) is 9.85. The van der Waals surface area contributed by atoms with Crippen LogP contribution < -0.4 is 10.6 Å². The number of pyridine rings is 1. The number of thioether (sulfide) groups is 1. The Morgan fingerprint density at radius 2 is 2.21 bits per heavy atom. The summed E-state index contributed by atoms with van der Waals surface area (Å²) in [6.45, 7) is 0.344. The van der Waals surface area contributed by atoms with Crippen LogP contribution in [0.15, 0.2) is 59.9 Å². The standard InChI is InChI=1S/C19H16ClN5O2S/c20-13-3-4-15-14(8-13)24-19(27)16(28-15)9-18(26)22-11-12-2-5-17(21-10-12)25-7-1-6-23-25/h1-8,10,16H,9,11H2,(H,22,26)(H,24,27). The Hall–Kier alpha value is -2.84. The maximum atomic E-state index is 12.3. The lowest BCUT2D eigenvalue weighted by atomic mass is 10.2. The molecule has 2 aromatic heterocycles. The molecular formula is C19H16ClN5O2S. The van der Waals surface area contributed by atoms with Gasteiger partial charge >= 0.3 is 0 Å². The minimum absolute atomic E-state index is 0.0946. The van der Waals surface area contributed by atoms with Crippen LogP contribution in [0, 0.1) is 0 Å². The summed E-state index contributed by atoms with van der Waals surface area (Å²) in [5.41, 5.74) is 1.55. The van der Waals surface area contributed by atoms with Gasteiger partial charge in [0.25, 0.3) is 0 Å². The lowest BCUT2D eigenvalue weighted by Crippen LogP contribution is -2.34. The monoisotopic (exact) mass is 413 g/mol. The maximum absolute atomic E-state index is 12.3. The number of carbonyl (C=O) groups is 2. The van der Waals surface area contributed by atoms with Gasteiger partial charge in [-0.05, 0) is 35.9 Å². The van der Waals surface area contributed by atoms with Gasteiger partial charge in [0.1, 0.15) is 0 Å². The van der Waals surface area contributed by atoms with Crippen molar-refractivity contribution in [1.82, 2.24) is 20.1 Å². The van der Waals surface area contributed by atoms with Gasteiger partial charge in [-0.2, -0.15) is 5.10 Å². The van der Waals surface area contributed by atoms with Crippen LogP contribution in [0.5, 0.6) is 0 Å². The smallest absolute Gasteiger partial charge is 0.238 e. The highest BCUT2D eigenvalue weighted by Crippen LogP contribution is 2.38.